The van der Waals surface area contributed by atoms with Crippen molar-refractivity contribution in [3.8, 4) is 0 Å². The summed E-state index contributed by atoms with van der Waals surface area (Å²) in [7, 11) is 0. The molecule has 2 heterocycles. The standard InChI is InChI=1S/C12H15N3O6/c13-9(18)2-1-6-4-15(12(20)14-11(6)19)10-3-7(17)8(5-16)21-10/h1-2,4,7-8,10,16-17H,3,5H2,(H2,13,18)(H,14,19,20)/b2-1+/t7-,8+,10+/m0/s1. The van der Waals surface area contributed by atoms with Crippen LogP contribution < -0.4 is 17.0 Å². The Morgan fingerprint density at radius 3 is 2.86 bits per heavy atom. The van der Waals surface area contributed by atoms with Crippen molar-refractivity contribution in [2.75, 3.05) is 6.61 Å². The van der Waals surface area contributed by atoms with E-state index in [0.717, 1.165) is 10.6 Å². The molecule has 1 saturated heterocycles. The molecule has 1 aliphatic heterocycles. The fourth-order valence-electron chi connectivity index (χ4n) is 2.06. The minimum Gasteiger partial charge on any atom is -0.394 e. The van der Waals surface area contributed by atoms with Crippen molar-refractivity contribution in [1.29, 1.82) is 0 Å². The van der Waals surface area contributed by atoms with Gasteiger partial charge in [-0.05, 0) is 6.08 Å². The molecule has 3 atom stereocenters. The summed E-state index contributed by atoms with van der Waals surface area (Å²) in [6.07, 6.45) is 0.935. The molecule has 1 amide bonds. The quantitative estimate of drug-likeness (QED) is 0.458. The number of amides is 1. The topological polar surface area (TPSA) is 148 Å². The van der Waals surface area contributed by atoms with Gasteiger partial charge >= 0.3 is 5.69 Å². The van der Waals surface area contributed by atoms with Gasteiger partial charge in [0.05, 0.1) is 18.3 Å². The van der Waals surface area contributed by atoms with Crippen LogP contribution in [0.4, 0.5) is 0 Å². The lowest BCUT2D eigenvalue weighted by Crippen LogP contribution is -2.33. The van der Waals surface area contributed by atoms with Gasteiger partial charge < -0.3 is 20.7 Å². The second-order valence-electron chi connectivity index (χ2n) is 4.60. The number of hydrogen-bond acceptors (Lipinski definition) is 6. The number of rotatable bonds is 4. The molecule has 1 aromatic heterocycles. The maximum Gasteiger partial charge on any atom is 0.330 e. The van der Waals surface area contributed by atoms with E-state index >= 15 is 0 Å². The number of carbonyl (C=O) groups is 1. The Hall–Kier alpha value is -2.23. The monoisotopic (exact) mass is 297 g/mol. The highest BCUT2D eigenvalue weighted by molar-refractivity contribution is 5.90. The van der Waals surface area contributed by atoms with Crippen molar-refractivity contribution < 1.29 is 19.7 Å². The summed E-state index contributed by atoms with van der Waals surface area (Å²) in [6, 6.07) is 0. The van der Waals surface area contributed by atoms with Crippen LogP contribution in [-0.4, -0.2) is 44.5 Å². The summed E-state index contributed by atoms with van der Waals surface area (Å²) < 4.78 is 6.42. The van der Waals surface area contributed by atoms with Crippen LogP contribution in [0.1, 0.15) is 18.2 Å². The Balaban J connectivity index is 2.37. The Kier molecular flexibility index (Phi) is 4.36. The highest BCUT2D eigenvalue weighted by atomic mass is 16.5. The van der Waals surface area contributed by atoms with Crippen LogP contribution in [0.3, 0.4) is 0 Å². The number of aliphatic hydroxyl groups excluding tert-OH is 2. The Morgan fingerprint density at radius 1 is 1.57 bits per heavy atom. The van der Waals surface area contributed by atoms with E-state index in [9.17, 15) is 19.5 Å². The molecule has 0 unspecified atom stereocenters. The highest BCUT2D eigenvalue weighted by Gasteiger charge is 2.35. The van der Waals surface area contributed by atoms with Gasteiger partial charge in [0.1, 0.15) is 12.3 Å². The van der Waals surface area contributed by atoms with E-state index in [0.29, 0.717) is 0 Å². The van der Waals surface area contributed by atoms with Gasteiger partial charge in [0, 0.05) is 18.7 Å². The number of carbonyl (C=O) groups excluding carboxylic acids is 1. The molecule has 114 valence electrons. The van der Waals surface area contributed by atoms with Crippen molar-refractivity contribution in [2.45, 2.75) is 24.9 Å². The Bertz CT molecular complexity index is 676. The van der Waals surface area contributed by atoms with Crippen LogP contribution in [0, 0.1) is 0 Å². The number of primary amides is 1. The van der Waals surface area contributed by atoms with Crippen molar-refractivity contribution in [3.63, 3.8) is 0 Å². The van der Waals surface area contributed by atoms with E-state index in [-0.39, 0.29) is 18.6 Å². The maximum absolute atomic E-state index is 11.8. The molecular weight excluding hydrogens is 282 g/mol. The van der Waals surface area contributed by atoms with Crippen molar-refractivity contribution >= 4 is 12.0 Å². The minimum absolute atomic E-state index is 0.0407. The predicted octanol–water partition coefficient (Wildman–Crippen LogP) is -2.32. The molecule has 0 aliphatic carbocycles. The van der Waals surface area contributed by atoms with E-state index in [2.05, 4.69) is 4.98 Å². The van der Waals surface area contributed by atoms with E-state index in [1.165, 1.54) is 12.3 Å². The lowest BCUT2D eigenvalue weighted by Gasteiger charge is -2.14. The normalized spacial score (nSPS) is 25.5. The van der Waals surface area contributed by atoms with Gasteiger partial charge in [-0.3, -0.25) is 19.1 Å². The molecule has 9 heteroatoms. The zero-order valence-electron chi connectivity index (χ0n) is 10.9. The molecule has 0 radical (unpaired) electrons. The smallest absolute Gasteiger partial charge is 0.330 e. The number of aromatic nitrogens is 2. The van der Waals surface area contributed by atoms with Crippen LogP contribution in [0.5, 0.6) is 0 Å². The third kappa shape index (κ3) is 3.27. The molecular formula is C12H15N3O6. The van der Waals surface area contributed by atoms with E-state index in [1.807, 2.05) is 0 Å². The molecule has 1 fully saturated rings. The Labute approximate surface area is 118 Å². The average Bonchev–Trinajstić information content (AvgIpc) is 2.78. The molecule has 9 nitrogen and oxygen atoms in total. The van der Waals surface area contributed by atoms with Gasteiger partial charge in [0.2, 0.25) is 5.91 Å². The molecule has 5 N–H and O–H groups in total. The van der Waals surface area contributed by atoms with Crippen LogP contribution in [0.25, 0.3) is 6.08 Å². The van der Waals surface area contributed by atoms with Crippen LogP contribution in [0.15, 0.2) is 21.9 Å². The van der Waals surface area contributed by atoms with Gasteiger partial charge in [-0.1, -0.05) is 0 Å². The van der Waals surface area contributed by atoms with Gasteiger partial charge in [0.25, 0.3) is 5.56 Å². The second-order valence-corrected chi connectivity index (χ2v) is 4.60. The minimum atomic E-state index is -0.913. The Morgan fingerprint density at radius 2 is 2.29 bits per heavy atom. The third-order valence-corrected chi connectivity index (χ3v) is 3.12. The highest BCUT2D eigenvalue weighted by Crippen LogP contribution is 2.27. The third-order valence-electron chi connectivity index (χ3n) is 3.12. The number of nitrogens with one attached hydrogen (secondary N) is 1. The van der Waals surface area contributed by atoms with Crippen molar-refractivity contribution in [1.82, 2.24) is 9.55 Å². The summed E-state index contributed by atoms with van der Waals surface area (Å²) in [5.41, 5.74) is 3.59. The number of nitrogens with zero attached hydrogens (tertiary/aromatic N) is 1. The van der Waals surface area contributed by atoms with Crippen LogP contribution >= 0.6 is 0 Å². The second kappa shape index (κ2) is 6.04. The number of H-pyrrole nitrogens is 1. The van der Waals surface area contributed by atoms with Gasteiger partial charge in [0.15, 0.2) is 0 Å². The van der Waals surface area contributed by atoms with Crippen molar-refractivity contribution in [3.05, 3.63) is 38.7 Å². The first-order valence-electron chi connectivity index (χ1n) is 6.19. The molecule has 1 aromatic rings. The summed E-state index contributed by atoms with van der Waals surface area (Å²) in [5.74, 6) is -0.736. The summed E-state index contributed by atoms with van der Waals surface area (Å²) in [6.45, 7) is -0.385. The first-order chi connectivity index (χ1) is 9.92. The van der Waals surface area contributed by atoms with E-state index in [1.54, 1.807) is 0 Å². The van der Waals surface area contributed by atoms with Crippen molar-refractivity contribution in [2.24, 2.45) is 5.73 Å². The largest absolute Gasteiger partial charge is 0.394 e. The summed E-state index contributed by atoms with van der Waals surface area (Å²) in [5, 5.41) is 18.7. The first kappa shape index (κ1) is 15.2. The molecule has 0 bridgehead atoms. The number of hydrogen-bond donors (Lipinski definition) is 4. The van der Waals surface area contributed by atoms with Gasteiger partial charge in [-0.2, -0.15) is 0 Å². The molecule has 0 aromatic carbocycles. The SMILES string of the molecule is NC(=O)/C=C/c1cn([C@H]2C[C@H](O)[C@@H](CO)O2)c(=O)[nH]c1=O. The molecule has 0 saturated carbocycles. The predicted molar refractivity (Wildman–Crippen MR) is 71.2 cm³/mol. The van der Waals surface area contributed by atoms with Crippen LogP contribution in [0.2, 0.25) is 0 Å². The van der Waals surface area contributed by atoms with Crippen LogP contribution in [-0.2, 0) is 9.53 Å². The lowest BCUT2D eigenvalue weighted by atomic mass is 10.2. The molecule has 21 heavy (non-hydrogen) atoms. The van der Waals surface area contributed by atoms with E-state index in [4.69, 9.17) is 15.6 Å². The van der Waals surface area contributed by atoms with E-state index < -0.39 is 35.6 Å². The van der Waals surface area contributed by atoms with Gasteiger partial charge in [-0.25, -0.2) is 4.79 Å². The molecule has 1 aliphatic rings. The zero-order chi connectivity index (χ0) is 15.6. The average molecular weight is 297 g/mol. The lowest BCUT2D eigenvalue weighted by molar-refractivity contribution is -0.113. The maximum atomic E-state index is 11.8. The number of aromatic amines is 1. The fraction of sp³-hybridized carbons (Fsp3) is 0.417. The summed E-state index contributed by atoms with van der Waals surface area (Å²) >= 11 is 0. The fourth-order valence-corrected chi connectivity index (χ4v) is 2.06. The van der Waals surface area contributed by atoms with Gasteiger partial charge in [-0.15, -0.1) is 0 Å². The molecule has 2 rings (SSSR count). The number of ether oxygens (including phenoxy) is 1. The number of aliphatic hydroxyl groups is 2. The molecule has 0 spiro atoms. The summed E-state index contributed by atoms with van der Waals surface area (Å²) in [4.78, 5) is 36.2. The number of nitrogens with two attached hydrogens (primary N) is 1. The first-order valence-corrected chi connectivity index (χ1v) is 6.19. The zero-order valence-corrected chi connectivity index (χ0v) is 10.9.